The first-order valence-electron chi connectivity index (χ1n) is 11.9. The van der Waals surface area contributed by atoms with Crippen LogP contribution in [0.3, 0.4) is 0 Å². The molecule has 2 saturated heterocycles. The largest absolute Gasteiger partial charge is 0.472 e. The maximum absolute atomic E-state index is 13.1. The van der Waals surface area contributed by atoms with E-state index in [9.17, 15) is 4.79 Å². The Labute approximate surface area is 187 Å². The third kappa shape index (κ3) is 3.05. The molecule has 1 N–H and O–H groups in total. The molecule has 7 heteroatoms. The summed E-state index contributed by atoms with van der Waals surface area (Å²) in [4.78, 5) is 23.2. The lowest BCUT2D eigenvalue weighted by atomic mass is 9.74. The molecule has 0 aliphatic carbocycles. The Morgan fingerprint density at radius 2 is 2.22 bits per heavy atom. The van der Waals surface area contributed by atoms with Gasteiger partial charge in [0.15, 0.2) is 5.72 Å². The van der Waals surface area contributed by atoms with Crippen LogP contribution < -0.4 is 4.74 Å². The monoisotopic (exact) mass is 434 g/mol. The zero-order valence-corrected chi connectivity index (χ0v) is 18.6. The summed E-state index contributed by atoms with van der Waals surface area (Å²) < 4.78 is 14.4. The van der Waals surface area contributed by atoms with Gasteiger partial charge in [-0.15, -0.1) is 0 Å². The number of esters is 1. The van der Waals surface area contributed by atoms with Crippen molar-refractivity contribution in [2.24, 2.45) is 5.92 Å². The van der Waals surface area contributed by atoms with E-state index in [-0.39, 0.29) is 11.7 Å². The number of imidazole rings is 1. The molecule has 0 radical (unpaired) electrons. The molecule has 3 aliphatic heterocycles. The summed E-state index contributed by atoms with van der Waals surface area (Å²) in [5.41, 5.74) is 3.49. The van der Waals surface area contributed by atoms with E-state index in [1.807, 2.05) is 17.7 Å². The number of nitrogens with one attached hydrogen (secondary N) is 1. The maximum Gasteiger partial charge on any atom is 0.340 e. The number of fused-ring (bicyclic) bond motifs is 3. The number of carbonyl (C=O) groups excluding carboxylic acids is 1. The lowest BCUT2D eigenvalue weighted by molar-refractivity contribution is -0.177. The predicted molar refractivity (Wildman–Crippen MR) is 121 cm³/mol. The summed E-state index contributed by atoms with van der Waals surface area (Å²) in [6.07, 6.45) is 12.3. The van der Waals surface area contributed by atoms with Gasteiger partial charge >= 0.3 is 5.97 Å². The molecule has 0 bridgehead atoms. The van der Waals surface area contributed by atoms with Gasteiger partial charge in [-0.2, -0.15) is 0 Å². The minimum Gasteiger partial charge on any atom is -0.472 e. The molecule has 2 unspecified atom stereocenters. The van der Waals surface area contributed by atoms with Gasteiger partial charge in [0.05, 0.1) is 18.4 Å². The number of hydrogen-bond acceptors (Lipinski definition) is 5. The van der Waals surface area contributed by atoms with E-state index >= 15 is 0 Å². The zero-order chi connectivity index (χ0) is 21.7. The average Bonchev–Trinajstić information content (AvgIpc) is 3.43. The van der Waals surface area contributed by atoms with Crippen molar-refractivity contribution in [1.82, 2.24) is 19.4 Å². The van der Waals surface area contributed by atoms with Crippen molar-refractivity contribution in [2.75, 3.05) is 19.7 Å². The third-order valence-electron chi connectivity index (χ3n) is 7.67. The molecule has 3 aromatic rings. The molecule has 168 valence electrons. The number of nitrogens with zero attached hydrogens (tertiary/aromatic N) is 3. The first-order chi connectivity index (χ1) is 15.7. The molecule has 5 heterocycles. The molecule has 7 nitrogen and oxygen atoms in total. The van der Waals surface area contributed by atoms with Gasteiger partial charge in [0, 0.05) is 60.0 Å². The highest BCUT2D eigenvalue weighted by Gasteiger charge is 2.52. The molecule has 2 fully saturated rings. The number of aromatic nitrogens is 3. The Bertz CT molecular complexity index is 1150. The van der Waals surface area contributed by atoms with Gasteiger partial charge in [-0.25, -0.2) is 9.78 Å². The lowest BCUT2D eigenvalue weighted by Crippen LogP contribution is -2.64. The number of hydrogen-bond donors (Lipinski definition) is 1. The van der Waals surface area contributed by atoms with Crippen molar-refractivity contribution < 1.29 is 14.3 Å². The quantitative estimate of drug-likeness (QED) is 0.627. The van der Waals surface area contributed by atoms with Crippen LogP contribution in [0.4, 0.5) is 0 Å². The molecule has 6 rings (SSSR count). The highest BCUT2D eigenvalue weighted by Crippen LogP contribution is 2.50. The zero-order valence-electron chi connectivity index (χ0n) is 18.6. The molecule has 0 saturated carbocycles. The molecule has 3 aliphatic rings. The van der Waals surface area contributed by atoms with Crippen molar-refractivity contribution in [3.05, 3.63) is 47.7 Å². The van der Waals surface area contributed by atoms with Crippen molar-refractivity contribution in [3.63, 3.8) is 0 Å². The molecule has 32 heavy (non-hydrogen) atoms. The van der Waals surface area contributed by atoms with Crippen LogP contribution in [0.2, 0.25) is 0 Å². The molecular formula is C25H30N4O3. The Balaban J connectivity index is 1.34. The van der Waals surface area contributed by atoms with E-state index in [1.54, 1.807) is 12.5 Å². The second-order valence-electron chi connectivity index (χ2n) is 9.46. The third-order valence-corrected chi connectivity index (χ3v) is 7.67. The minimum absolute atomic E-state index is 0.159. The van der Waals surface area contributed by atoms with Crippen LogP contribution in [0.1, 0.15) is 53.7 Å². The number of rotatable bonds is 4. The van der Waals surface area contributed by atoms with Gasteiger partial charge in [-0.3, -0.25) is 4.90 Å². The standard InChI is InChI=1S/C25H30N4O3/c1-17-22(24(30)31-14-13-28-12-9-26-16-28)23-19-15-18-5-4-11-29-10-3-2-8-25(18,29)32-21(19)7-6-20(23)27-17/h6-7,9,12,16,18,27H,2-5,8,10-11,13-15H2,1H3. The van der Waals surface area contributed by atoms with Gasteiger partial charge in [0.25, 0.3) is 0 Å². The second-order valence-corrected chi connectivity index (χ2v) is 9.46. The van der Waals surface area contributed by atoms with Crippen molar-refractivity contribution in [3.8, 4) is 5.75 Å². The Morgan fingerprint density at radius 3 is 3.09 bits per heavy atom. The topological polar surface area (TPSA) is 72.4 Å². The van der Waals surface area contributed by atoms with Gasteiger partial charge < -0.3 is 19.0 Å². The number of aromatic amines is 1. The van der Waals surface area contributed by atoms with E-state index in [4.69, 9.17) is 9.47 Å². The predicted octanol–water partition coefficient (Wildman–Crippen LogP) is 4.06. The first kappa shape index (κ1) is 19.9. The molecule has 0 amide bonds. The number of benzene rings is 1. The molecule has 2 atom stereocenters. The molecule has 2 aromatic heterocycles. The number of ether oxygens (including phenoxy) is 2. The highest BCUT2D eigenvalue weighted by atomic mass is 16.5. The van der Waals surface area contributed by atoms with Crippen LogP contribution in [0.5, 0.6) is 5.75 Å². The van der Waals surface area contributed by atoms with E-state index < -0.39 is 0 Å². The fourth-order valence-electron chi connectivity index (χ4n) is 6.20. The smallest absolute Gasteiger partial charge is 0.340 e. The lowest BCUT2D eigenvalue weighted by Gasteiger charge is -2.56. The first-order valence-corrected chi connectivity index (χ1v) is 11.9. The van der Waals surface area contributed by atoms with Crippen LogP contribution >= 0.6 is 0 Å². The highest BCUT2D eigenvalue weighted by molar-refractivity contribution is 6.07. The van der Waals surface area contributed by atoms with E-state index in [1.165, 1.54) is 25.7 Å². The summed E-state index contributed by atoms with van der Waals surface area (Å²) in [5, 5.41) is 0.982. The minimum atomic E-state index is -0.273. The number of aryl methyl sites for hydroxylation is 1. The van der Waals surface area contributed by atoms with Gasteiger partial charge in [-0.05, 0) is 51.2 Å². The number of piperidine rings is 2. The van der Waals surface area contributed by atoms with Crippen LogP contribution in [0.15, 0.2) is 30.9 Å². The fourth-order valence-corrected chi connectivity index (χ4v) is 6.20. The van der Waals surface area contributed by atoms with Gasteiger partial charge in [-0.1, -0.05) is 0 Å². The van der Waals surface area contributed by atoms with Gasteiger partial charge in [0.1, 0.15) is 12.4 Å². The fraction of sp³-hybridized carbons (Fsp3) is 0.520. The normalized spacial score (nSPS) is 25.0. The van der Waals surface area contributed by atoms with Crippen LogP contribution in [-0.4, -0.2) is 50.8 Å². The summed E-state index contributed by atoms with van der Waals surface area (Å²) in [6.45, 7) is 5.12. The summed E-state index contributed by atoms with van der Waals surface area (Å²) >= 11 is 0. The van der Waals surface area contributed by atoms with Crippen LogP contribution in [0, 0.1) is 12.8 Å². The van der Waals surface area contributed by atoms with Gasteiger partial charge in [0.2, 0.25) is 0 Å². The van der Waals surface area contributed by atoms with Crippen molar-refractivity contribution in [1.29, 1.82) is 0 Å². The molecule has 1 aromatic carbocycles. The summed E-state index contributed by atoms with van der Waals surface area (Å²) in [5.74, 6) is 1.13. The number of carbonyl (C=O) groups is 1. The van der Waals surface area contributed by atoms with E-state index in [0.29, 0.717) is 24.6 Å². The Morgan fingerprint density at radius 1 is 1.31 bits per heavy atom. The maximum atomic E-state index is 13.1. The van der Waals surface area contributed by atoms with Crippen LogP contribution in [0.25, 0.3) is 10.9 Å². The van der Waals surface area contributed by atoms with Crippen molar-refractivity contribution >= 4 is 16.9 Å². The SMILES string of the molecule is Cc1[nH]c2ccc3c(c2c1C(=O)OCCn1ccnc1)CC1CCCN2CCCCC12O3. The average molecular weight is 435 g/mol. The van der Waals surface area contributed by atoms with E-state index in [0.717, 1.165) is 53.8 Å². The summed E-state index contributed by atoms with van der Waals surface area (Å²) in [6, 6.07) is 4.14. The van der Waals surface area contributed by atoms with E-state index in [2.05, 4.69) is 27.0 Å². The second kappa shape index (κ2) is 7.66. The summed E-state index contributed by atoms with van der Waals surface area (Å²) in [7, 11) is 0. The van der Waals surface area contributed by atoms with Crippen molar-refractivity contribution in [2.45, 2.75) is 57.7 Å². The molecule has 1 spiro atoms. The Kier molecular flexibility index (Phi) is 4.75. The Hall–Kier alpha value is -2.80. The van der Waals surface area contributed by atoms with Crippen LogP contribution in [-0.2, 0) is 17.7 Å². The molecular weight excluding hydrogens is 404 g/mol. The number of H-pyrrole nitrogens is 1.